The third-order valence-electron chi connectivity index (χ3n) is 4.50. The SMILES string of the molecule is CCC[C@H]1OC(C)(C)O[C@H]1[C@@H](N)COCC1OC(C)(C)O[C@H]1CC. The maximum absolute atomic E-state index is 6.32. The minimum Gasteiger partial charge on any atom is -0.377 e. The normalized spacial score (nSPS) is 36.1. The van der Waals surface area contributed by atoms with Crippen LogP contribution in [0.4, 0.5) is 0 Å². The maximum Gasteiger partial charge on any atom is 0.163 e. The van der Waals surface area contributed by atoms with Crippen molar-refractivity contribution in [1.29, 1.82) is 0 Å². The predicted octanol–water partition coefficient (Wildman–Crippen LogP) is 2.58. The van der Waals surface area contributed by atoms with Crippen LogP contribution in [0.3, 0.4) is 0 Å². The Balaban J connectivity index is 1.81. The first-order chi connectivity index (χ1) is 11.2. The molecule has 0 amide bonds. The average Bonchev–Trinajstić information content (AvgIpc) is 2.94. The third kappa shape index (κ3) is 5.13. The fourth-order valence-electron chi connectivity index (χ4n) is 3.55. The Kier molecular flexibility index (Phi) is 6.67. The highest BCUT2D eigenvalue weighted by Crippen LogP contribution is 2.32. The molecule has 2 aliphatic rings. The van der Waals surface area contributed by atoms with Crippen molar-refractivity contribution < 1.29 is 23.7 Å². The molecular weight excluding hydrogens is 310 g/mol. The van der Waals surface area contributed by atoms with Gasteiger partial charge in [0, 0.05) is 0 Å². The van der Waals surface area contributed by atoms with Crippen LogP contribution in [0.5, 0.6) is 0 Å². The van der Waals surface area contributed by atoms with Gasteiger partial charge in [0.1, 0.15) is 12.2 Å². The molecule has 2 rings (SSSR count). The van der Waals surface area contributed by atoms with Crippen molar-refractivity contribution in [3.8, 4) is 0 Å². The van der Waals surface area contributed by atoms with E-state index >= 15 is 0 Å². The van der Waals surface area contributed by atoms with Gasteiger partial charge in [0.15, 0.2) is 11.6 Å². The number of nitrogens with two attached hydrogens (primary N) is 1. The van der Waals surface area contributed by atoms with Crippen LogP contribution in [-0.4, -0.2) is 55.2 Å². The van der Waals surface area contributed by atoms with E-state index in [-0.39, 0.29) is 30.5 Å². The van der Waals surface area contributed by atoms with Crippen molar-refractivity contribution >= 4 is 0 Å². The van der Waals surface area contributed by atoms with Crippen molar-refractivity contribution in [2.45, 2.75) is 103 Å². The van der Waals surface area contributed by atoms with Crippen LogP contribution in [-0.2, 0) is 23.7 Å². The lowest BCUT2D eigenvalue weighted by molar-refractivity contribution is -0.154. The molecule has 0 aromatic heterocycles. The van der Waals surface area contributed by atoms with Crippen LogP contribution in [0.1, 0.15) is 60.8 Å². The van der Waals surface area contributed by atoms with Crippen LogP contribution in [0.15, 0.2) is 0 Å². The van der Waals surface area contributed by atoms with Crippen LogP contribution in [0.2, 0.25) is 0 Å². The Bertz CT molecular complexity index is 401. The summed E-state index contributed by atoms with van der Waals surface area (Å²) >= 11 is 0. The summed E-state index contributed by atoms with van der Waals surface area (Å²) in [5.74, 6) is -1.13. The largest absolute Gasteiger partial charge is 0.377 e. The summed E-state index contributed by atoms with van der Waals surface area (Å²) < 4.78 is 29.6. The molecule has 2 fully saturated rings. The molecule has 5 atom stereocenters. The van der Waals surface area contributed by atoms with Crippen LogP contribution >= 0.6 is 0 Å². The van der Waals surface area contributed by atoms with Crippen molar-refractivity contribution in [3.05, 3.63) is 0 Å². The van der Waals surface area contributed by atoms with Crippen molar-refractivity contribution in [2.75, 3.05) is 13.2 Å². The average molecular weight is 345 g/mol. The molecule has 1 unspecified atom stereocenters. The Labute approximate surface area is 146 Å². The van der Waals surface area contributed by atoms with Crippen molar-refractivity contribution in [1.82, 2.24) is 0 Å². The quantitative estimate of drug-likeness (QED) is 0.729. The van der Waals surface area contributed by atoms with Crippen LogP contribution in [0, 0.1) is 0 Å². The predicted molar refractivity (Wildman–Crippen MR) is 91.6 cm³/mol. The second-order valence-electron chi connectivity index (χ2n) is 7.75. The second-order valence-corrected chi connectivity index (χ2v) is 7.75. The number of hydrogen-bond donors (Lipinski definition) is 1. The van der Waals surface area contributed by atoms with E-state index in [2.05, 4.69) is 13.8 Å². The second kappa shape index (κ2) is 7.98. The lowest BCUT2D eigenvalue weighted by Gasteiger charge is -2.24. The molecule has 24 heavy (non-hydrogen) atoms. The lowest BCUT2D eigenvalue weighted by atomic mass is 10.0. The standard InChI is InChI=1S/C18H35NO5/c1-7-9-14-16(24-18(5,6)22-14)12(19)10-20-11-15-13(8-2)21-17(3,4)23-15/h12-16H,7-11,19H2,1-6H3/t12-,13-,14+,15?,16-/m0/s1. The van der Waals surface area contributed by atoms with Crippen LogP contribution < -0.4 is 5.73 Å². The van der Waals surface area contributed by atoms with E-state index in [4.69, 9.17) is 29.4 Å². The van der Waals surface area contributed by atoms with Gasteiger partial charge in [0.2, 0.25) is 0 Å². The molecule has 0 aromatic carbocycles. The van der Waals surface area contributed by atoms with Gasteiger partial charge in [-0.25, -0.2) is 0 Å². The van der Waals surface area contributed by atoms with Gasteiger partial charge in [-0.15, -0.1) is 0 Å². The summed E-state index contributed by atoms with van der Waals surface area (Å²) in [5.41, 5.74) is 6.32. The molecule has 2 aliphatic heterocycles. The molecule has 0 saturated carbocycles. The minimum absolute atomic E-state index is 0.0250. The fraction of sp³-hybridized carbons (Fsp3) is 1.00. The maximum atomic E-state index is 6.32. The van der Waals surface area contributed by atoms with Crippen molar-refractivity contribution in [3.63, 3.8) is 0 Å². The highest BCUT2D eigenvalue weighted by molar-refractivity contribution is 4.89. The first kappa shape index (κ1) is 20.1. The summed E-state index contributed by atoms with van der Waals surface area (Å²) in [7, 11) is 0. The Morgan fingerprint density at radius 1 is 0.917 bits per heavy atom. The molecule has 6 heteroatoms. The van der Waals surface area contributed by atoms with Gasteiger partial charge in [-0.3, -0.25) is 0 Å². The van der Waals surface area contributed by atoms with Gasteiger partial charge < -0.3 is 29.4 Å². The number of ether oxygens (including phenoxy) is 5. The molecule has 0 radical (unpaired) electrons. The Hall–Kier alpha value is -0.240. The van der Waals surface area contributed by atoms with E-state index in [9.17, 15) is 0 Å². The van der Waals surface area contributed by atoms with E-state index in [0.29, 0.717) is 13.2 Å². The highest BCUT2D eigenvalue weighted by atomic mass is 16.8. The first-order valence-corrected chi connectivity index (χ1v) is 9.22. The Morgan fingerprint density at radius 2 is 1.50 bits per heavy atom. The summed E-state index contributed by atoms with van der Waals surface area (Å²) in [5, 5.41) is 0. The first-order valence-electron chi connectivity index (χ1n) is 9.22. The van der Waals surface area contributed by atoms with Gasteiger partial charge in [-0.1, -0.05) is 20.3 Å². The van der Waals surface area contributed by atoms with E-state index in [1.54, 1.807) is 0 Å². The topological polar surface area (TPSA) is 72.2 Å². The van der Waals surface area contributed by atoms with Gasteiger partial charge >= 0.3 is 0 Å². The molecule has 2 N–H and O–H groups in total. The lowest BCUT2D eigenvalue weighted by Crippen LogP contribution is -2.45. The van der Waals surface area contributed by atoms with Crippen molar-refractivity contribution in [2.24, 2.45) is 5.73 Å². The zero-order chi connectivity index (χ0) is 18.0. The molecular formula is C18H35NO5. The number of hydrogen-bond acceptors (Lipinski definition) is 6. The van der Waals surface area contributed by atoms with E-state index < -0.39 is 11.6 Å². The third-order valence-corrected chi connectivity index (χ3v) is 4.50. The van der Waals surface area contributed by atoms with E-state index in [0.717, 1.165) is 19.3 Å². The summed E-state index contributed by atoms with van der Waals surface area (Å²) in [6.07, 6.45) is 2.77. The summed E-state index contributed by atoms with van der Waals surface area (Å²) in [6.45, 7) is 12.9. The van der Waals surface area contributed by atoms with Crippen LogP contribution in [0.25, 0.3) is 0 Å². The van der Waals surface area contributed by atoms with Gasteiger partial charge in [-0.2, -0.15) is 0 Å². The molecule has 0 bridgehead atoms. The zero-order valence-electron chi connectivity index (χ0n) is 16.0. The molecule has 2 heterocycles. The Morgan fingerprint density at radius 3 is 2.12 bits per heavy atom. The van der Waals surface area contributed by atoms with Gasteiger partial charge in [0.05, 0.1) is 31.5 Å². The molecule has 142 valence electrons. The van der Waals surface area contributed by atoms with E-state index in [1.807, 2.05) is 27.7 Å². The fourth-order valence-corrected chi connectivity index (χ4v) is 3.55. The van der Waals surface area contributed by atoms with E-state index in [1.165, 1.54) is 0 Å². The van der Waals surface area contributed by atoms with Gasteiger partial charge in [0.25, 0.3) is 0 Å². The minimum atomic E-state index is -0.581. The summed E-state index contributed by atoms with van der Waals surface area (Å²) in [4.78, 5) is 0. The molecule has 0 aliphatic carbocycles. The zero-order valence-corrected chi connectivity index (χ0v) is 16.0. The summed E-state index contributed by atoms with van der Waals surface area (Å²) in [6, 6.07) is -0.223. The molecule has 0 spiro atoms. The molecule has 2 saturated heterocycles. The highest BCUT2D eigenvalue weighted by Gasteiger charge is 2.44. The molecule has 6 nitrogen and oxygen atoms in total. The monoisotopic (exact) mass is 345 g/mol. The molecule has 0 aromatic rings. The smallest absolute Gasteiger partial charge is 0.163 e. The number of rotatable bonds is 8. The van der Waals surface area contributed by atoms with Gasteiger partial charge in [-0.05, 0) is 40.5 Å².